The van der Waals surface area contributed by atoms with Crippen molar-refractivity contribution in [3.63, 3.8) is 0 Å². The highest BCUT2D eigenvalue weighted by Crippen LogP contribution is 2.41. The lowest BCUT2D eigenvalue weighted by molar-refractivity contribution is -0.251. The first kappa shape index (κ1) is 26.1. The first-order valence-electron chi connectivity index (χ1n) is 11.0. The van der Waals surface area contributed by atoms with Gasteiger partial charge in [-0.25, -0.2) is 0 Å². The Labute approximate surface area is 217 Å². The van der Waals surface area contributed by atoms with Gasteiger partial charge in [-0.15, -0.1) is 5.11 Å². The van der Waals surface area contributed by atoms with E-state index in [1.165, 1.54) is 4.57 Å². The minimum Gasteiger partial charge on any atom is -0.394 e. The third-order valence-corrected chi connectivity index (χ3v) is 6.65. The highest BCUT2D eigenvalue weighted by Gasteiger charge is 2.45. The van der Waals surface area contributed by atoms with Crippen molar-refractivity contribution in [1.82, 2.24) is 4.57 Å². The zero-order valence-corrected chi connectivity index (χ0v) is 20.6. The van der Waals surface area contributed by atoms with E-state index in [4.69, 9.17) is 28.6 Å². The minimum absolute atomic E-state index is 0.0311. The van der Waals surface area contributed by atoms with Crippen molar-refractivity contribution >= 4 is 35.2 Å². The summed E-state index contributed by atoms with van der Waals surface area (Å²) in [5.41, 5.74) is 2.36. The molecule has 36 heavy (non-hydrogen) atoms. The van der Waals surface area contributed by atoms with E-state index < -0.39 is 37.3 Å². The number of rotatable bonds is 5. The molecule has 0 radical (unpaired) electrons. The van der Waals surface area contributed by atoms with Gasteiger partial charge >= 0.3 is 0 Å². The highest BCUT2D eigenvalue weighted by molar-refractivity contribution is 7.71. The first-order chi connectivity index (χ1) is 17.3. The Morgan fingerprint density at radius 1 is 1.03 bits per heavy atom. The van der Waals surface area contributed by atoms with Crippen LogP contribution in [0.25, 0.3) is 11.3 Å². The molecule has 1 aromatic heterocycles. The molecule has 4 rings (SSSR count). The SMILES string of the molecule is Cc1c(N=Nc2ccc(Cl)cc2)c(-c2ccccc2)n([C@@H]2O[C@@H](CO)[C@@H](O)[C@@H](O)[C@H]2O)c(=S)c1C#N. The van der Waals surface area contributed by atoms with Gasteiger partial charge in [0.15, 0.2) is 6.23 Å². The molecule has 5 atom stereocenters. The topological polar surface area (TPSA) is 144 Å². The maximum absolute atomic E-state index is 10.9. The van der Waals surface area contributed by atoms with Crippen LogP contribution in [0.5, 0.6) is 0 Å². The molecular formula is C25H23ClN4O5S. The number of benzene rings is 2. The largest absolute Gasteiger partial charge is 0.394 e. The molecule has 1 fully saturated rings. The van der Waals surface area contributed by atoms with Gasteiger partial charge in [0, 0.05) is 10.6 Å². The fourth-order valence-corrected chi connectivity index (χ4v) is 4.59. The van der Waals surface area contributed by atoms with Gasteiger partial charge in [0.05, 0.1) is 23.6 Å². The lowest BCUT2D eigenvalue weighted by Crippen LogP contribution is -2.56. The second-order valence-corrected chi connectivity index (χ2v) is 9.07. The molecule has 1 aliphatic rings. The quantitative estimate of drug-likeness (QED) is 0.289. The minimum atomic E-state index is -1.64. The normalized spacial score (nSPS) is 24.1. The molecule has 0 unspecified atom stereocenters. The van der Waals surface area contributed by atoms with E-state index >= 15 is 0 Å². The molecule has 2 heterocycles. The number of nitrogens with zero attached hydrogens (tertiary/aromatic N) is 4. The molecule has 9 nitrogen and oxygen atoms in total. The van der Waals surface area contributed by atoms with Gasteiger partial charge in [0.1, 0.15) is 40.8 Å². The number of pyridine rings is 1. The van der Waals surface area contributed by atoms with Crippen LogP contribution in [0.4, 0.5) is 11.4 Å². The summed E-state index contributed by atoms with van der Waals surface area (Å²) in [6.07, 6.45) is -7.35. The van der Waals surface area contributed by atoms with Crippen molar-refractivity contribution in [2.75, 3.05) is 6.61 Å². The van der Waals surface area contributed by atoms with Crippen LogP contribution in [-0.2, 0) is 4.74 Å². The van der Waals surface area contributed by atoms with Gasteiger partial charge in [-0.05, 0) is 36.8 Å². The molecule has 0 bridgehead atoms. The Kier molecular flexibility index (Phi) is 7.92. The van der Waals surface area contributed by atoms with Crippen LogP contribution in [0.1, 0.15) is 17.4 Å². The number of hydrogen-bond donors (Lipinski definition) is 4. The van der Waals surface area contributed by atoms with Gasteiger partial charge in [0.2, 0.25) is 0 Å². The predicted molar refractivity (Wildman–Crippen MR) is 135 cm³/mol. The first-order valence-corrected chi connectivity index (χ1v) is 11.8. The molecule has 2 aromatic carbocycles. The Hall–Kier alpha value is -3.01. The molecule has 186 valence electrons. The number of aliphatic hydroxyl groups excluding tert-OH is 4. The van der Waals surface area contributed by atoms with Gasteiger partial charge < -0.3 is 25.2 Å². The Balaban J connectivity index is 2.02. The lowest BCUT2D eigenvalue weighted by Gasteiger charge is -2.41. The Bertz CT molecular complexity index is 1370. The summed E-state index contributed by atoms with van der Waals surface area (Å²) in [6, 6.07) is 17.8. The van der Waals surface area contributed by atoms with E-state index in [0.717, 1.165) is 0 Å². The maximum Gasteiger partial charge on any atom is 0.164 e. The van der Waals surface area contributed by atoms with E-state index in [-0.39, 0.29) is 10.2 Å². The number of hydrogen-bond acceptors (Lipinski definition) is 9. The van der Waals surface area contributed by atoms with Crippen molar-refractivity contribution in [3.05, 3.63) is 75.4 Å². The summed E-state index contributed by atoms with van der Waals surface area (Å²) in [5, 5.41) is 60.6. The van der Waals surface area contributed by atoms with Crippen LogP contribution < -0.4 is 0 Å². The van der Waals surface area contributed by atoms with Crippen LogP contribution in [0.3, 0.4) is 0 Å². The third kappa shape index (κ3) is 4.83. The number of aromatic nitrogens is 1. The fraction of sp³-hybridized carbons (Fsp3) is 0.280. The van der Waals surface area contributed by atoms with E-state index in [2.05, 4.69) is 16.3 Å². The summed E-state index contributed by atoms with van der Waals surface area (Å²) < 4.78 is 7.23. The Morgan fingerprint density at radius 3 is 2.31 bits per heavy atom. The van der Waals surface area contributed by atoms with Crippen molar-refractivity contribution in [2.45, 2.75) is 37.6 Å². The standard InChI is InChI=1S/C25H23ClN4O5S/c1-13-17(11-27)25(36)30(24-23(34)22(33)21(32)18(12-31)35-24)20(14-5-3-2-4-6-14)19(13)29-28-16-9-7-15(26)8-10-16/h2-10,18,21-24,31-34H,12H2,1H3/t18-,21+,22+,23+,24+/m0/s1. The zero-order chi connectivity index (χ0) is 26.0. The Morgan fingerprint density at radius 2 is 1.69 bits per heavy atom. The van der Waals surface area contributed by atoms with E-state index in [9.17, 15) is 25.7 Å². The molecule has 1 saturated heterocycles. The maximum atomic E-state index is 10.9. The smallest absolute Gasteiger partial charge is 0.164 e. The number of nitriles is 1. The van der Waals surface area contributed by atoms with Gasteiger partial charge in [-0.3, -0.25) is 4.57 Å². The summed E-state index contributed by atoms with van der Waals surface area (Å²) in [7, 11) is 0. The number of aliphatic hydroxyl groups is 4. The van der Waals surface area contributed by atoms with Gasteiger partial charge in [-0.2, -0.15) is 10.4 Å². The molecule has 4 N–H and O–H groups in total. The van der Waals surface area contributed by atoms with E-state index in [0.29, 0.717) is 33.2 Å². The van der Waals surface area contributed by atoms with Crippen molar-refractivity contribution < 1.29 is 25.2 Å². The van der Waals surface area contributed by atoms with Gasteiger partial charge in [0.25, 0.3) is 0 Å². The molecular weight excluding hydrogens is 504 g/mol. The lowest BCUT2D eigenvalue weighted by atomic mass is 9.96. The average molecular weight is 527 g/mol. The number of azo groups is 1. The van der Waals surface area contributed by atoms with E-state index in [1.54, 1.807) is 55.5 Å². The molecule has 0 aliphatic carbocycles. The number of halogens is 1. The molecule has 3 aromatic rings. The van der Waals surface area contributed by atoms with Crippen LogP contribution >= 0.6 is 23.8 Å². The third-order valence-electron chi connectivity index (χ3n) is 6.00. The summed E-state index contributed by atoms with van der Waals surface area (Å²) >= 11 is 11.6. The second kappa shape index (κ2) is 10.9. The molecule has 11 heteroatoms. The average Bonchev–Trinajstić information content (AvgIpc) is 2.89. The monoisotopic (exact) mass is 526 g/mol. The summed E-state index contributed by atoms with van der Waals surface area (Å²) in [6.45, 7) is 1.07. The molecule has 0 saturated carbocycles. The van der Waals surface area contributed by atoms with Crippen molar-refractivity contribution in [2.24, 2.45) is 10.2 Å². The predicted octanol–water partition coefficient (Wildman–Crippen LogP) is 4.11. The summed E-state index contributed by atoms with van der Waals surface area (Å²) in [5.74, 6) is 0. The highest BCUT2D eigenvalue weighted by atomic mass is 35.5. The van der Waals surface area contributed by atoms with Crippen LogP contribution in [0, 0.1) is 22.9 Å². The van der Waals surface area contributed by atoms with Crippen LogP contribution in [0.2, 0.25) is 5.02 Å². The zero-order valence-electron chi connectivity index (χ0n) is 19.1. The molecule has 1 aliphatic heterocycles. The number of ether oxygens (including phenoxy) is 1. The van der Waals surface area contributed by atoms with Gasteiger partial charge in [-0.1, -0.05) is 54.2 Å². The van der Waals surface area contributed by atoms with Crippen LogP contribution in [-0.4, -0.2) is 56.0 Å². The molecule has 0 spiro atoms. The molecule has 0 amide bonds. The summed E-state index contributed by atoms with van der Waals surface area (Å²) in [4.78, 5) is 0. The van der Waals surface area contributed by atoms with E-state index in [1.807, 2.05) is 6.07 Å². The second-order valence-electron chi connectivity index (χ2n) is 8.25. The van der Waals surface area contributed by atoms with Crippen molar-refractivity contribution in [3.8, 4) is 17.3 Å². The fourth-order valence-electron chi connectivity index (χ4n) is 4.07. The van der Waals surface area contributed by atoms with Crippen LogP contribution in [0.15, 0.2) is 64.8 Å². The van der Waals surface area contributed by atoms with Crippen molar-refractivity contribution in [1.29, 1.82) is 5.26 Å².